The molecule has 1 fully saturated rings. The lowest BCUT2D eigenvalue weighted by Gasteiger charge is -2.40. The van der Waals surface area contributed by atoms with E-state index in [9.17, 15) is 9.18 Å². The second-order valence-electron chi connectivity index (χ2n) is 10.3. The molecular weight excluding hydrogens is 481 g/mol. The van der Waals surface area contributed by atoms with E-state index >= 15 is 0 Å². The van der Waals surface area contributed by atoms with Gasteiger partial charge in [0, 0.05) is 36.8 Å². The second-order valence-corrected chi connectivity index (χ2v) is 10.3. The molecule has 7 nitrogen and oxygen atoms in total. The topological polar surface area (TPSA) is 84.6 Å². The van der Waals surface area contributed by atoms with Crippen LogP contribution in [-0.4, -0.2) is 53.0 Å². The van der Waals surface area contributed by atoms with Crippen LogP contribution in [0.4, 0.5) is 10.2 Å². The number of amides is 1. The van der Waals surface area contributed by atoms with Crippen LogP contribution < -0.4 is 15.4 Å². The highest BCUT2D eigenvalue weighted by atomic mass is 19.1. The Labute approximate surface area is 224 Å². The molecule has 0 spiro atoms. The molecule has 1 aliphatic rings. The van der Waals surface area contributed by atoms with E-state index in [2.05, 4.69) is 42.7 Å². The Balaban J connectivity index is 1.74. The second kappa shape index (κ2) is 11.5. The number of ether oxygens (including phenoxy) is 1. The molecule has 1 aromatic heterocycles. The molecule has 0 aliphatic carbocycles. The van der Waals surface area contributed by atoms with Crippen molar-refractivity contribution in [2.75, 3.05) is 31.1 Å². The Bertz CT molecular complexity index is 1320. The van der Waals surface area contributed by atoms with Gasteiger partial charge in [-0.25, -0.2) is 14.4 Å². The van der Waals surface area contributed by atoms with Gasteiger partial charge in [-0.2, -0.15) is 0 Å². The summed E-state index contributed by atoms with van der Waals surface area (Å²) >= 11 is 0. The monoisotopic (exact) mass is 519 g/mol. The standard InChI is InChI=1S/C30H38FN5O2/c1-7-23-13-25(31)21(5)26(14-23)38-17-24-22(6)33-29(28-18(2)9-8-10-19(28)3)34-30(24)36-12-11-35(16-27(32)37)20(4)15-36/h8-10,13-14,20H,7,11-12,15-17H2,1-6H3,(H2,32,37)/t20-/m1/s1. The Morgan fingerprint density at radius 1 is 1.13 bits per heavy atom. The number of aromatic nitrogens is 2. The van der Waals surface area contributed by atoms with Gasteiger partial charge in [0.1, 0.15) is 24.0 Å². The maximum Gasteiger partial charge on any atom is 0.231 e. The zero-order valence-electron chi connectivity index (χ0n) is 23.3. The first-order chi connectivity index (χ1) is 18.1. The minimum Gasteiger partial charge on any atom is -0.488 e. The van der Waals surface area contributed by atoms with Crippen molar-refractivity contribution < 1.29 is 13.9 Å². The van der Waals surface area contributed by atoms with Crippen LogP contribution in [0.2, 0.25) is 0 Å². The highest BCUT2D eigenvalue weighted by Gasteiger charge is 2.28. The smallest absolute Gasteiger partial charge is 0.231 e. The first kappa shape index (κ1) is 27.5. The van der Waals surface area contributed by atoms with E-state index in [1.165, 1.54) is 0 Å². The molecule has 1 atom stereocenters. The van der Waals surface area contributed by atoms with E-state index in [1.54, 1.807) is 13.0 Å². The molecule has 1 amide bonds. The molecule has 0 radical (unpaired) electrons. The summed E-state index contributed by atoms with van der Waals surface area (Å²) in [5, 5.41) is 0. The minimum atomic E-state index is -0.327. The van der Waals surface area contributed by atoms with Crippen LogP contribution in [0.5, 0.6) is 5.75 Å². The summed E-state index contributed by atoms with van der Waals surface area (Å²) in [4.78, 5) is 25.9. The van der Waals surface area contributed by atoms with Crippen molar-refractivity contribution in [1.82, 2.24) is 14.9 Å². The molecule has 1 saturated heterocycles. The van der Waals surface area contributed by atoms with Crippen LogP contribution >= 0.6 is 0 Å². The van der Waals surface area contributed by atoms with E-state index in [1.807, 2.05) is 26.0 Å². The summed E-state index contributed by atoms with van der Waals surface area (Å²) in [7, 11) is 0. The van der Waals surface area contributed by atoms with Gasteiger partial charge in [-0.3, -0.25) is 9.69 Å². The lowest BCUT2D eigenvalue weighted by atomic mass is 10.0. The fraction of sp³-hybridized carbons (Fsp3) is 0.433. The highest BCUT2D eigenvalue weighted by molar-refractivity contribution is 5.76. The number of nitrogens with zero attached hydrogens (tertiary/aromatic N) is 4. The molecule has 38 heavy (non-hydrogen) atoms. The van der Waals surface area contributed by atoms with Gasteiger partial charge < -0.3 is 15.4 Å². The van der Waals surface area contributed by atoms with Crippen molar-refractivity contribution in [1.29, 1.82) is 0 Å². The third-order valence-electron chi connectivity index (χ3n) is 7.46. The third kappa shape index (κ3) is 5.80. The Morgan fingerprint density at radius 2 is 1.84 bits per heavy atom. The first-order valence-corrected chi connectivity index (χ1v) is 13.2. The van der Waals surface area contributed by atoms with Crippen LogP contribution in [0.1, 0.15) is 47.4 Å². The summed E-state index contributed by atoms with van der Waals surface area (Å²) < 4.78 is 20.8. The maximum absolute atomic E-state index is 14.5. The fourth-order valence-electron chi connectivity index (χ4n) is 5.12. The van der Waals surface area contributed by atoms with Gasteiger partial charge >= 0.3 is 0 Å². The fourth-order valence-corrected chi connectivity index (χ4v) is 5.12. The van der Waals surface area contributed by atoms with E-state index in [-0.39, 0.29) is 30.9 Å². The number of rotatable bonds is 8. The van der Waals surface area contributed by atoms with Gasteiger partial charge in [-0.05, 0) is 69.9 Å². The van der Waals surface area contributed by atoms with E-state index < -0.39 is 0 Å². The molecule has 2 heterocycles. The summed E-state index contributed by atoms with van der Waals surface area (Å²) in [6, 6.07) is 9.76. The van der Waals surface area contributed by atoms with Crippen molar-refractivity contribution in [3.8, 4) is 17.1 Å². The largest absolute Gasteiger partial charge is 0.488 e. The summed E-state index contributed by atoms with van der Waals surface area (Å²) in [5.41, 5.74) is 11.8. The van der Waals surface area contributed by atoms with Crippen molar-refractivity contribution in [3.05, 3.63) is 69.7 Å². The number of hydrogen-bond donors (Lipinski definition) is 1. The number of carbonyl (C=O) groups excluding carboxylic acids is 1. The Hall–Kier alpha value is -3.52. The number of anilines is 1. The van der Waals surface area contributed by atoms with E-state index in [0.717, 1.165) is 45.7 Å². The van der Waals surface area contributed by atoms with Crippen LogP contribution in [0.15, 0.2) is 30.3 Å². The molecular formula is C30H38FN5O2. The predicted octanol–water partition coefficient (Wildman–Crippen LogP) is 4.65. The van der Waals surface area contributed by atoms with Crippen LogP contribution in [0.25, 0.3) is 11.4 Å². The highest BCUT2D eigenvalue weighted by Crippen LogP contribution is 2.32. The average Bonchev–Trinajstić information content (AvgIpc) is 2.86. The first-order valence-electron chi connectivity index (χ1n) is 13.2. The summed E-state index contributed by atoms with van der Waals surface area (Å²) in [6.45, 7) is 14.5. The number of primary amides is 1. The number of nitrogens with two attached hydrogens (primary N) is 1. The molecule has 0 saturated carbocycles. The van der Waals surface area contributed by atoms with Gasteiger partial charge in [0.05, 0.1) is 17.8 Å². The summed E-state index contributed by atoms with van der Waals surface area (Å²) in [6.07, 6.45) is 0.721. The van der Waals surface area contributed by atoms with Crippen molar-refractivity contribution in [2.24, 2.45) is 5.73 Å². The molecule has 8 heteroatoms. The van der Waals surface area contributed by atoms with Crippen LogP contribution in [0.3, 0.4) is 0 Å². The quantitative estimate of drug-likeness (QED) is 0.466. The maximum atomic E-state index is 14.5. The Morgan fingerprint density at radius 3 is 2.47 bits per heavy atom. The lowest BCUT2D eigenvalue weighted by molar-refractivity contribution is -0.119. The molecule has 2 aromatic carbocycles. The SMILES string of the molecule is CCc1cc(F)c(C)c(OCc2c(C)nc(-c3c(C)cccc3C)nc2N2CCN(CC(N)=O)[C@H](C)C2)c1. The van der Waals surface area contributed by atoms with Crippen LogP contribution in [-0.2, 0) is 17.8 Å². The number of piperazine rings is 1. The third-order valence-corrected chi connectivity index (χ3v) is 7.46. The number of benzene rings is 2. The van der Waals surface area contributed by atoms with Gasteiger partial charge in [0.25, 0.3) is 0 Å². The molecule has 202 valence electrons. The predicted molar refractivity (Wildman–Crippen MR) is 149 cm³/mol. The molecule has 3 aromatic rings. The van der Waals surface area contributed by atoms with Crippen molar-refractivity contribution >= 4 is 11.7 Å². The van der Waals surface area contributed by atoms with Gasteiger partial charge in [-0.1, -0.05) is 25.1 Å². The zero-order chi connectivity index (χ0) is 27.6. The zero-order valence-corrected chi connectivity index (χ0v) is 23.3. The molecule has 4 rings (SSSR count). The van der Waals surface area contributed by atoms with Crippen molar-refractivity contribution in [3.63, 3.8) is 0 Å². The van der Waals surface area contributed by atoms with E-state index in [4.69, 9.17) is 20.4 Å². The summed E-state index contributed by atoms with van der Waals surface area (Å²) in [5.74, 6) is 1.43. The minimum absolute atomic E-state index is 0.113. The van der Waals surface area contributed by atoms with Crippen molar-refractivity contribution in [2.45, 2.75) is 60.6 Å². The van der Waals surface area contributed by atoms with Gasteiger partial charge in [0.2, 0.25) is 5.91 Å². The van der Waals surface area contributed by atoms with Crippen LogP contribution in [0, 0.1) is 33.5 Å². The molecule has 1 aliphatic heterocycles. The number of aryl methyl sites for hydroxylation is 4. The molecule has 0 unspecified atom stereocenters. The molecule has 0 bridgehead atoms. The van der Waals surface area contributed by atoms with E-state index in [0.29, 0.717) is 36.8 Å². The number of carbonyl (C=O) groups is 1. The van der Waals surface area contributed by atoms with Gasteiger partial charge in [-0.15, -0.1) is 0 Å². The lowest BCUT2D eigenvalue weighted by Crippen LogP contribution is -2.54. The normalized spacial score (nSPS) is 16.1. The Kier molecular flexibility index (Phi) is 8.31. The number of hydrogen-bond acceptors (Lipinski definition) is 6. The number of halogens is 1. The average molecular weight is 520 g/mol. The van der Waals surface area contributed by atoms with Gasteiger partial charge in [0.15, 0.2) is 5.82 Å². The molecule has 2 N–H and O–H groups in total.